The molecule has 1 aromatic rings. The normalized spacial score (nSPS) is 13.4. The number of methoxy groups -OCH3 is 1. The molecule has 1 rings (SSSR count). The second-order valence-electron chi connectivity index (χ2n) is 4.49. The number of rotatable bonds is 5. The summed E-state index contributed by atoms with van der Waals surface area (Å²) < 4.78 is 5.36. The molecule has 0 heterocycles. The van der Waals surface area contributed by atoms with Gasteiger partial charge in [0.1, 0.15) is 6.04 Å². The van der Waals surface area contributed by atoms with Gasteiger partial charge in [-0.2, -0.15) is 0 Å². The molecule has 0 saturated heterocycles. The lowest BCUT2D eigenvalue weighted by Gasteiger charge is -2.21. The Morgan fingerprint density at radius 2 is 2.10 bits per heavy atom. The molecule has 1 aromatic carbocycles. The van der Waals surface area contributed by atoms with Crippen molar-refractivity contribution in [3.63, 3.8) is 0 Å². The number of carbonyl (C=O) groups is 2. The highest BCUT2D eigenvalue weighted by atomic mass is 79.9. The van der Waals surface area contributed by atoms with Crippen molar-refractivity contribution in [3.8, 4) is 0 Å². The first-order valence-corrected chi connectivity index (χ1v) is 7.41. The number of amides is 1. The van der Waals surface area contributed by atoms with Gasteiger partial charge in [0.05, 0.1) is 12.1 Å². The molecule has 0 fully saturated rings. The summed E-state index contributed by atoms with van der Waals surface area (Å²) in [7, 11) is 1.31. The van der Waals surface area contributed by atoms with Crippen molar-refractivity contribution in [3.05, 3.63) is 33.3 Å². The van der Waals surface area contributed by atoms with E-state index in [2.05, 4.69) is 21.2 Å². The van der Waals surface area contributed by atoms with E-state index in [1.54, 1.807) is 18.2 Å². The van der Waals surface area contributed by atoms with Crippen LogP contribution in [0.5, 0.6) is 0 Å². The number of halogens is 2. The zero-order valence-corrected chi connectivity index (χ0v) is 13.9. The highest BCUT2D eigenvalue weighted by molar-refractivity contribution is 9.10. The summed E-state index contributed by atoms with van der Waals surface area (Å²) in [6.07, 6.45) is 0.754. The van der Waals surface area contributed by atoms with Gasteiger partial charge in [0.15, 0.2) is 0 Å². The molecular formula is C14H17BrClNO3. The standard InChI is InChI=1S/C14H17BrClNO3/c1-4-8(2)12(14(19)20-3)17-13(18)9-5-6-11(16)10(15)7-9/h5-8,12H,4H2,1-3H3,(H,17,18). The first kappa shape index (κ1) is 17.0. The van der Waals surface area contributed by atoms with Gasteiger partial charge in [-0.05, 0) is 40.0 Å². The summed E-state index contributed by atoms with van der Waals surface area (Å²) >= 11 is 9.15. The van der Waals surface area contributed by atoms with Crippen LogP contribution in [0.3, 0.4) is 0 Å². The monoisotopic (exact) mass is 361 g/mol. The molecule has 6 heteroatoms. The van der Waals surface area contributed by atoms with Crippen molar-refractivity contribution in [2.75, 3.05) is 7.11 Å². The molecule has 1 amide bonds. The Bertz CT molecular complexity index is 507. The molecule has 2 unspecified atom stereocenters. The third kappa shape index (κ3) is 4.21. The van der Waals surface area contributed by atoms with E-state index in [1.165, 1.54) is 7.11 Å². The Morgan fingerprint density at radius 3 is 2.60 bits per heavy atom. The maximum absolute atomic E-state index is 12.2. The zero-order valence-electron chi connectivity index (χ0n) is 11.6. The third-order valence-corrected chi connectivity index (χ3v) is 4.35. The van der Waals surface area contributed by atoms with Gasteiger partial charge in [-0.3, -0.25) is 4.79 Å². The minimum atomic E-state index is -0.660. The quantitative estimate of drug-likeness (QED) is 0.817. The molecule has 0 saturated carbocycles. The molecule has 4 nitrogen and oxygen atoms in total. The molecule has 0 bridgehead atoms. The van der Waals surface area contributed by atoms with E-state index in [9.17, 15) is 9.59 Å². The molecule has 0 aliphatic heterocycles. The molecule has 0 aliphatic carbocycles. The number of hydrogen-bond donors (Lipinski definition) is 1. The maximum Gasteiger partial charge on any atom is 0.328 e. The van der Waals surface area contributed by atoms with Crippen LogP contribution in [0.1, 0.15) is 30.6 Å². The fourth-order valence-corrected chi connectivity index (χ4v) is 2.15. The smallest absolute Gasteiger partial charge is 0.328 e. The average molecular weight is 363 g/mol. The van der Waals surface area contributed by atoms with E-state index in [0.29, 0.717) is 15.1 Å². The zero-order chi connectivity index (χ0) is 15.3. The average Bonchev–Trinajstić information content (AvgIpc) is 2.45. The summed E-state index contributed by atoms with van der Waals surface area (Å²) in [5.41, 5.74) is 0.429. The minimum Gasteiger partial charge on any atom is -0.467 e. The first-order valence-electron chi connectivity index (χ1n) is 6.24. The predicted molar refractivity (Wildman–Crippen MR) is 81.9 cm³/mol. The summed E-state index contributed by atoms with van der Waals surface area (Å²) in [6, 6.07) is 4.18. The Labute approximate surface area is 132 Å². The lowest BCUT2D eigenvalue weighted by molar-refractivity contribution is -0.144. The molecule has 0 aliphatic rings. The molecule has 2 atom stereocenters. The topological polar surface area (TPSA) is 55.4 Å². The molecule has 20 heavy (non-hydrogen) atoms. The van der Waals surface area contributed by atoms with E-state index in [1.807, 2.05) is 13.8 Å². The third-order valence-electron chi connectivity index (χ3n) is 3.14. The molecule has 110 valence electrons. The summed E-state index contributed by atoms with van der Waals surface area (Å²) in [4.78, 5) is 23.9. The van der Waals surface area contributed by atoms with Crippen LogP contribution in [0.15, 0.2) is 22.7 Å². The molecular weight excluding hydrogens is 346 g/mol. The molecule has 0 radical (unpaired) electrons. The van der Waals surface area contributed by atoms with Crippen LogP contribution in [-0.2, 0) is 9.53 Å². The van der Waals surface area contributed by atoms with Crippen LogP contribution >= 0.6 is 27.5 Å². The molecule has 1 N–H and O–H groups in total. The minimum absolute atomic E-state index is 0.0119. The van der Waals surface area contributed by atoms with Crippen molar-refractivity contribution in [2.24, 2.45) is 5.92 Å². The number of benzene rings is 1. The number of ether oxygens (including phenoxy) is 1. The fourth-order valence-electron chi connectivity index (χ4n) is 1.66. The van der Waals surface area contributed by atoms with Crippen LogP contribution in [0.2, 0.25) is 5.02 Å². The molecule has 0 aromatic heterocycles. The summed E-state index contributed by atoms with van der Waals surface area (Å²) in [6.45, 7) is 3.84. The second kappa shape index (κ2) is 7.64. The van der Waals surface area contributed by atoms with Gasteiger partial charge in [0.25, 0.3) is 5.91 Å². The van der Waals surface area contributed by atoms with Crippen LogP contribution in [0.4, 0.5) is 0 Å². The second-order valence-corrected chi connectivity index (χ2v) is 5.75. The number of esters is 1. The van der Waals surface area contributed by atoms with Gasteiger partial charge < -0.3 is 10.1 Å². The van der Waals surface area contributed by atoms with E-state index in [0.717, 1.165) is 6.42 Å². The highest BCUT2D eigenvalue weighted by Crippen LogP contribution is 2.23. The predicted octanol–water partition coefficient (Wildman–Crippen LogP) is 3.42. The van der Waals surface area contributed by atoms with Crippen molar-refractivity contribution < 1.29 is 14.3 Å². The van der Waals surface area contributed by atoms with Gasteiger partial charge in [0, 0.05) is 10.0 Å². The lowest BCUT2D eigenvalue weighted by Crippen LogP contribution is -2.45. The van der Waals surface area contributed by atoms with Gasteiger partial charge >= 0.3 is 5.97 Å². The van der Waals surface area contributed by atoms with Crippen molar-refractivity contribution in [1.29, 1.82) is 0 Å². The Balaban J connectivity index is 2.90. The number of carbonyl (C=O) groups excluding carboxylic acids is 2. The van der Waals surface area contributed by atoms with Crippen LogP contribution in [0.25, 0.3) is 0 Å². The Kier molecular flexibility index (Phi) is 6.49. The summed E-state index contributed by atoms with van der Waals surface area (Å²) in [5.74, 6) is -0.791. The Morgan fingerprint density at radius 1 is 1.45 bits per heavy atom. The highest BCUT2D eigenvalue weighted by Gasteiger charge is 2.27. The van der Waals surface area contributed by atoms with E-state index < -0.39 is 12.0 Å². The van der Waals surface area contributed by atoms with Crippen LogP contribution in [-0.4, -0.2) is 25.0 Å². The van der Waals surface area contributed by atoms with Gasteiger partial charge in [-0.25, -0.2) is 4.79 Å². The van der Waals surface area contributed by atoms with E-state index in [-0.39, 0.29) is 11.8 Å². The molecule has 0 spiro atoms. The van der Waals surface area contributed by atoms with E-state index in [4.69, 9.17) is 16.3 Å². The first-order chi connectivity index (χ1) is 9.40. The van der Waals surface area contributed by atoms with Gasteiger partial charge in [0.2, 0.25) is 0 Å². The van der Waals surface area contributed by atoms with Crippen molar-refractivity contribution in [2.45, 2.75) is 26.3 Å². The maximum atomic E-state index is 12.2. The van der Waals surface area contributed by atoms with Gasteiger partial charge in [-0.15, -0.1) is 0 Å². The summed E-state index contributed by atoms with van der Waals surface area (Å²) in [5, 5.41) is 3.23. The SMILES string of the molecule is CCC(C)C(NC(=O)c1ccc(Cl)c(Br)c1)C(=O)OC. The number of hydrogen-bond acceptors (Lipinski definition) is 3. The van der Waals surface area contributed by atoms with Crippen LogP contribution < -0.4 is 5.32 Å². The number of nitrogens with one attached hydrogen (secondary N) is 1. The lowest BCUT2D eigenvalue weighted by atomic mass is 9.99. The van der Waals surface area contributed by atoms with E-state index >= 15 is 0 Å². The Hall–Kier alpha value is -1.07. The van der Waals surface area contributed by atoms with Crippen molar-refractivity contribution in [1.82, 2.24) is 5.32 Å². The van der Waals surface area contributed by atoms with Crippen molar-refractivity contribution >= 4 is 39.4 Å². The fraction of sp³-hybridized carbons (Fsp3) is 0.429. The van der Waals surface area contributed by atoms with Gasteiger partial charge in [-0.1, -0.05) is 31.9 Å². The van der Waals surface area contributed by atoms with Crippen LogP contribution in [0, 0.1) is 5.92 Å². The largest absolute Gasteiger partial charge is 0.467 e.